The van der Waals surface area contributed by atoms with E-state index < -0.39 is 86.5 Å². The van der Waals surface area contributed by atoms with Crippen LogP contribution in [0.15, 0.2) is 72.8 Å². The smallest absolute Gasteiger partial charge is 0.269 e. The van der Waals surface area contributed by atoms with E-state index in [1.54, 1.807) is 0 Å². The molecule has 6 amide bonds. The number of amides is 6. The second-order valence-electron chi connectivity index (χ2n) is 16.6. The van der Waals surface area contributed by atoms with Crippen LogP contribution in [0.5, 0.6) is 0 Å². The van der Waals surface area contributed by atoms with Crippen LogP contribution < -0.4 is 49.1 Å². The van der Waals surface area contributed by atoms with Crippen molar-refractivity contribution in [1.82, 2.24) is 31.9 Å². The monoisotopic (exact) mass is 960 g/mol. The minimum Gasteiger partial charge on any atom is -0.343 e. The van der Waals surface area contributed by atoms with E-state index in [1.165, 1.54) is 72.8 Å². The van der Waals surface area contributed by atoms with Crippen molar-refractivity contribution in [2.24, 2.45) is 17.2 Å². The number of nitrogens with two attached hydrogens (primary N) is 3. The first-order chi connectivity index (χ1) is 33.0. The van der Waals surface area contributed by atoms with E-state index in [0.717, 1.165) is 0 Å². The lowest BCUT2D eigenvalue weighted by molar-refractivity contribution is -0.385. The van der Waals surface area contributed by atoms with Crippen molar-refractivity contribution in [3.8, 4) is 0 Å². The predicted molar refractivity (Wildman–Crippen MR) is 251 cm³/mol. The quantitative estimate of drug-likeness (QED) is 0.0404. The van der Waals surface area contributed by atoms with Crippen molar-refractivity contribution in [2.75, 3.05) is 19.6 Å². The molecule has 1 aliphatic heterocycles. The van der Waals surface area contributed by atoms with Crippen molar-refractivity contribution in [3.63, 3.8) is 0 Å². The number of carbonyl (C=O) groups is 6. The largest absolute Gasteiger partial charge is 0.343 e. The molecule has 3 aromatic rings. The first-order valence-corrected chi connectivity index (χ1v) is 22.7. The molecule has 0 aliphatic carbocycles. The normalized spacial score (nSPS) is 20.7. The van der Waals surface area contributed by atoms with Gasteiger partial charge in [-0.25, -0.2) is 0 Å². The summed E-state index contributed by atoms with van der Waals surface area (Å²) in [5.74, 6) is -5.07. The topological polar surface area (TPSA) is 382 Å². The van der Waals surface area contributed by atoms with Gasteiger partial charge in [-0.05, 0) is 94.1 Å². The van der Waals surface area contributed by atoms with Crippen molar-refractivity contribution in [2.45, 2.75) is 113 Å². The lowest BCUT2D eigenvalue weighted by atomic mass is 9.99. The van der Waals surface area contributed by atoms with Crippen LogP contribution in [0.1, 0.15) is 74.5 Å². The Balaban J connectivity index is 1.86. The highest BCUT2D eigenvalue weighted by Gasteiger charge is 2.35. The summed E-state index contributed by atoms with van der Waals surface area (Å²) in [4.78, 5) is 119. The number of unbranched alkanes of at least 4 members (excludes halogenated alkanes) is 3. The zero-order valence-electron chi connectivity index (χ0n) is 38.0. The van der Waals surface area contributed by atoms with Gasteiger partial charge in [-0.2, -0.15) is 0 Å². The summed E-state index contributed by atoms with van der Waals surface area (Å²) >= 11 is 0. The molecule has 24 nitrogen and oxygen atoms in total. The highest BCUT2D eigenvalue weighted by atomic mass is 16.6. The molecule has 1 fully saturated rings. The van der Waals surface area contributed by atoms with Crippen LogP contribution in [-0.4, -0.2) is 106 Å². The summed E-state index contributed by atoms with van der Waals surface area (Å²) in [5, 5.41) is 50.4. The molecule has 24 heteroatoms. The maximum Gasteiger partial charge on any atom is 0.269 e. The summed E-state index contributed by atoms with van der Waals surface area (Å²) in [6.45, 7) is 0.726. The summed E-state index contributed by atoms with van der Waals surface area (Å²) in [6, 6.07) is 7.27. The Labute approximate surface area is 397 Å². The number of benzene rings is 3. The Hall–Kier alpha value is -7.44. The average molecular weight is 961 g/mol. The number of non-ortho nitro benzene ring substituents is 3. The lowest BCUT2D eigenvalue weighted by Crippen LogP contribution is -2.62. The van der Waals surface area contributed by atoms with Gasteiger partial charge in [0.15, 0.2) is 0 Å². The molecule has 0 spiro atoms. The second kappa shape index (κ2) is 27.4. The number of nitro groups is 3. The number of rotatable bonds is 21. The number of nitro benzene ring substituents is 3. The zero-order valence-corrected chi connectivity index (χ0v) is 38.0. The van der Waals surface area contributed by atoms with Crippen molar-refractivity contribution < 1.29 is 43.5 Å². The van der Waals surface area contributed by atoms with E-state index in [4.69, 9.17) is 17.2 Å². The van der Waals surface area contributed by atoms with Gasteiger partial charge in [0.05, 0.1) is 14.8 Å². The number of hydrogen-bond acceptors (Lipinski definition) is 15. The van der Waals surface area contributed by atoms with Crippen molar-refractivity contribution in [1.29, 1.82) is 0 Å². The highest BCUT2D eigenvalue weighted by Crippen LogP contribution is 2.18. The Kier molecular flexibility index (Phi) is 21.5. The SMILES string of the molecule is NCCCC[C@@H]1NC(=O)[C@H](Cc2ccc([N+](=O)[O-])cc2)NC(=O)[C@H](CCCCN)NC(=O)[C@H](Cc2ccc([N+](=O)[O-])cc2)NC(=O)[C@H](CCCCN)NC(=O)[C@H](Cc2ccc([N+](=O)[O-])cc2)NC1=O. The van der Waals surface area contributed by atoms with Crippen LogP contribution in [0.4, 0.5) is 17.1 Å². The van der Waals surface area contributed by atoms with Gasteiger partial charge in [0.1, 0.15) is 36.3 Å². The van der Waals surface area contributed by atoms with Gasteiger partial charge < -0.3 is 49.1 Å². The van der Waals surface area contributed by atoms with Crippen LogP contribution in [0.3, 0.4) is 0 Å². The Morgan fingerprint density at radius 1 is 0.348 bits per heavy atom. The molecule has 12 N–H and O–H groups in total. The van der Waals surface area contributed by atoms with Crippen LogP contribution in [-0.2, 0) is 48.0 Å². The number of nitrogens with one attached hydrogen (secondary N) is 6. The molecule has 0 bridgehead atoms. The molecule has 372 valence electrons. The minimum atomic E-state index is -1.46. The Bertz CT molecular complexity index is 2010. The molecule has 0 unspecified atom stereocenters. The van der Waals surface area contributed by atoms with Gasteiger partial charge in [0.25, 0.3) is 17.1 Å². The fourth-order valence-electron chi connectivity index (χ4n) is 7.51. The maximum atomic E-state index is 14.4. The maximum absolute atomic E-state index is 14.4. The summed E-state index contributed by atoms with van der Waals surface area (Å²) in [5.41, 5.74) is 17.7. The third-order valence-corrected chi connectivity index (χ3v) is 11.4. The molecule has 0 aromatic heterocycles. The number of carbonyl (C=O) groups excluding carboxylic acids is 6. The molecule has 4 rings (SSSR count). The van der Waals surface area contributed by atoms with Crippen LogP contribution in [0, 0.1) is 30.3 Å². The summed E-state index contributed by atoms with van der Waals surface area (Å²) < 4.78 is 0. The molecule has 1 heterocycles. The molecule has 6 atom stereocenters. The first kappa shape index (κ1) is 54.2. The van der Waals surface area contributed by atoms with Gasteiger partial charge in [-0.15, -0.1) is 0 Å². The zero-order chi connectivity index (χ0) is 50.5. The van der Waals surface area contributed by atoms with Gasteiger partial charge >= 0.3 is 0 Å². The summed E-state index contributed by atoms with van der Waals surface area (Å²) in [7, 11) is 0. The van der Waals surface area contributed by atoms with E-state index in [1.807, 2.05) is 0 Å². The fraction of sp³-hybridized carbons (Fsp3) is 0.467. The molecular formula is C45H60N12O12. The van der Waals surface area contributed by atoms with Gasteiger partial charge in [-0.3, -0.25) is 59.1 Å². The number of hydrogen-bond donors (Lipinski definition) is 9. The van der Waals surface area contributed by atoms with Crippen LogP contribution >= 0.6 is 0 Å². The molecule has 3 aromatic carbocycles. The lowest BCUT2D eigenvalue weighted by Gasteiger charge is -2.29. The van der Waals surface area contributed by atoms with Gasteiger partial charge in [-0.1, -0.05) is 36.4 Å². The second-order valence-corrected chi connectivity index (χ2v) is 16.6. The average Bonchev–Trinajstić information content (AvgIpc) is 3.32. The van der Waals surface area contributed by atoms with E-state index in [0.29, 0.717) is 55.2 Å². The third-order valence-electron chi connectivity index (χ3n) is 11.4. The third kappa shape index (κ3) is 17.3. The van der Waals surface area contributed by atoms with E-state index in [2.05, 4.69) is 31.9 Å². The van der Waals surface area contributed by atoms with E-state index >= 15 is 0 Å². The molecule has 1 aliphatic rings. The van der Waals surface area contributed by atoms with E-state index in [-0.39, 0.29) is 75.2 Å². The molecule has 1 saturated heterocycles. The molecule has 0 saturated carbocycles. The minimum absolute atomic E-state index is 0.0108. The highest BCUT2D eigenvalue weighted by molar-refractivity contribution is 5.98. The van der Waals surface area contributed by atoms with Gasteiger partial charge in [0.2, 0.25) is 35.4 Å². The van der Waals surface area contributed by atoms with E-state index in [9.17, 15) is 59.1 Å². The number of nitrogens with zero attached hydrogens (tertiary/aromatic N) is 3. The molecule has 0 radical (unpaired) electrons. The first-order valence-electron chi connectivity index (χ1n) is 22.7. The molecular weight excluding hydrogens is 901 g/mol. The molecule has 69 heavy (non-hydrogen) atoms. The van der Waals surface area contributed by atoms with Gasteiger partial charge in [0, 0.05) is 55.7 Å². The predicted octanol–water partition coefficient (Wildman–Crippen LogP) is 0.749. The summed E-state index contributed by atoms with van der Waals surface area (Å²) in [6.07, 6.45) is 1.58. The fourth-order valence-corrected chi connectivity index (χ4v) is 7.51. The van der Waals surface area contributed by atoms with Crippen LogP contribution in [0.25, 0.3) is 0 Å². The van der Waals surface area contributed by atoms with Crippen LogP contribution in [0.2, 0.25) is 0 Å². The van der Waals surface area contributed by atoms with Crippen molar-refractivity contribution >= 4 is 52.5 Å². The standard InChI is InChI=1S/C45H60N12O12/c46-22-4-1-7-34-40(58)52-38(26-29-12-18-32(19-13-29)56(66)67)44(62)50-36(9-3-6-24-48)42(60)54-39(27-30-14-20-33(21-15-30)57(68)69)45(63)51-35(8-2-5-23-47)41(59)53-37(43(61)49-34)25-28-10-16-31(17-11-28)55(64)65/h10-21,34-39H,1-9,22-27,46-48H2,(H,49,61)(H,50,62)(H,51,63)(H,52,58)(H,53,59)(H,54,60)/t34-,35-,36-,37-,38-,39-/m0/s1. The Morgan fingerprint density at radius 2 is 0.551 bits per heavy atom. The Morgan fingerprint density at radius 3 is 0.754 bits per heavy atom. The van der Waals surface area contributed by atoms with Crippen molar-refractivity contribution in [3.05, 3.63) is 120 Å².